The van der Waals surface area contributed by atoms with E-state index in [9.17, 15) is 22.8 Å². The lowest BCUT2D eigenvalue weighted by atomic mass is 9.85. The highest BCUT2D eigenvalue weighted by Crippen LogP contribution is 2.39. The number of carbonyl (C=O) groups excluding carboxylic acids is 3. The minimum absolute atomic E-state index is 0.0286. The van der Waals surface area contributed by atoms with Crippen molar-refractivity contribution < 1.29 is 22.8 Å². The first-order chi connectivity index (χ1) is 27.6. The summed E-state index contributed by atoms with van der Waals surface area (Å²) in [6, 6.07) is 32.4. The van der Waals surface area contributed by atoms with Gasteiger partial charge in [0, 0.05) is 42.9 Å². The second-order valence-electron chi connectivity index (χ2n) is 15.4. The van der Waals surface area contributed by atoms with Gasteiger partial charge in [0.1, 0.15) is 18.1 Å². The van der Waals surface area contributed by atoms with Crippen molar-refractivity contribution in [2.45, 2.75) is 87.0 Å². The third-order valence-corrected chi connectivity index (χ3v) is 13.2. The summed E-state index contributed by atoms with van der Waals surface area (Å²) in [5.41, 5.74) is 2.74. The normalized spacial score (nSPS) is 17.8. The average molecular weight is 811 g/mol. The zero-order valence-corrected chi connectivity index (χ0v) is 33.7. The fraction of sp³-hybridized carbons (Fsp3) is 0.386. The van der Waals surface area contributed by atoms with Crippen molar-refractivity contribution in [1.82, 2.24) is 25.2 Å². The number of nitrogens with zero attached hydrogens (tertiary/aromatic N) is 3. The lowest BCUT2D eigenvalue weighted by Gasteiger charge is -2.44. The van der Waals surface area contributed by atoms with Gasteiger partial charge in [-0.25, -0.2) is 8.42 Å². The van der Waals surface area contributed by atoms with Crippen molar-refractivity contribution in [1.29, 1.82) is 0 Å². The van der Waals surface area contributed by atoms with Crippen molar-refractivity contribution in [2.75, 3.05) is 31.2 Å². The fourth-order valence-electron chi connectivity index (χ4n) is 8.36. The lowest BCUT2D eigenvalue weighted by Crippen LogP contribution is -2.59. The molecule has 7 rings (SSSR count). The van der Waals surface area contributed by atoms with Gasteiger partial charge in [-0.05, 0) is 85.2 Å². The Morgan fingerprint density at radius 2 is 1.37 bits per heavy atom. The van der Waals surface area contributed by atoms with E-state index >= 15 is 0 Å². The summed E-state index contributed by atoms with van der Waals surface area (Å²) < 4.78 is 30.5. The molecule has 2 heterocycles. The van der Waals surface area contributed by atoms with Crippen molar-refractivity contribution >= 4 is 45.0 Å². The van der Waals surface area contributed by atoms with Crippen LogP contribution in [0.5, 0.6) is 0 Å². The van der Waals surface area contributed by atoms with Crippen LogP contribution in [0.4, 0.5) is 5.69 Å². The molecule has 11 nitrogen and oxygen atoms in total. The molecule has 4 aromatic carbocycles. The summed E-state index contributed by atoms with van der Waals surface area (Å²) >= 11 is 6.16. The van der Waals surface area contributed by atoms with Crippen LogP contribution in [-0.4, -0.2) is 79.9 Å². The first-order valence-corrected chi connectivity index (χ1v) is 21.8. The second-order valence-corrected chi connectivity index (χ2v) is 17.6. The molecule has 3 amide bonds. The summed E-state index contributed by atoms with van der Waals surface area (Å²) in [5.74, 6) is -0.653. The largest absolute Gasteiger partial charge is 0.352 e. The SMILES string of the molecule is O=C(CN1CN(c2ccccc2)C2(CCN(C(=O)[C@@H](Cc3ccc(Cl)cc3)NS(=O)(=O)c3ccc(CNCc4ccccc4)cc3)CC2)C1=O)NC1CCCCC1. The molecule has 2 saturated heterocycles. The van der Waals surface area contributed by atoms with Crippen LogP contribution in [0.15, 0.2) is 114 Å². The molecule has 2 aliphatic heterocycles. The molecule has 4 aromatic rings. The van der Waals surface area contributed by atoms with E-state index in [0.717, 1.165) is 48.1 Å². The smallest absolute Gasteiger partial charge is 0.250 e. The molecule has 0 aromatic heterocycles. The Morgan fingerprint density at radius 1 is 0.772 bits per heavy atom. The minimum Gasteiger partial charge on any atom is -0.352 e. The zero-order valence-electron chi connectivity index (χ0n) is 32.1. The number of sulfonamides is 1. The van der Waals surface area contributed by atoms with E-state index in [2.05, 4.69) is 20.3 Å². The standard InChI is InChI=1S/C44H51ClN6O5S/c45-36-20-16-33(17-21-36)28-40(48-57(55,56)39-22-18-35(19-23-39)30-46-29-34-10-4-1-5-11-34)42(53)49-26-24-44(25-27-49)43(54)50(32-51(44)38-14-8-3-9-15-38)31-41(52)47-37-12-6-2-7-13-37/h1,3-5,8-11,14-23,37,40,46,48H,2,6-7,12-13,24-32H2,(H,47,52)/t40-/m1/s1. The number of hydrogen-bond donors (Lipinski definition) is 3. The van der Waals surface area contributed by atoms with Crippen LogP contribution in [0, 0.1) is 0 Å². The average Bonchev–Trinajstić information content (AvgIpc) is 3.48. The molecule has 1 aliphatic carbocycles. The number of piperidine rings is 1. The van der Waals surface area contributed by atoms with Crippen LogP contribution < -0.4 is 20.3 Å². The number of amides is 3. The van der Waals surface area contributed by atoms with Crippen LogP contribution in [0.1, 0.15) is 61.6 Å². The molecule has 1 spiro atoms. The van der Waals surface area contributed by atoms with Gasteiger partial charge >= 0.3 is 0 Å². The molecule has 1 saturated carbocycles. The number of likely N-dealkylation sites (tertiary alicyclic amines) is 1. The van der Waals surface area contributed by atoms with Gasteiger partial charge in [0.05, 0.1) is 11.6 Å². The molecular formula is C44H51ClN6O5S. The fourth-order valence-corrected chi connectivity index (χ4v) is 9.67. The molecular weight excluding hydrogens is 760 g/mol. The van der Waals surface area contributed by atoms with Gasteiger partial charge in [-0.2, -0.15) is 4.72 Å². The highest BCUT2D eigenvalue weighted by atomic mass is 35.5. The molecule has 300 valence electrons. The summed E-state index contributed by atoms with van der Waals surface area (Å²) in [4.78, 5) is 47.4. The molecule has 3 aliphatic rings. The number of nitrogens with one attached hydrogen (secondary N) is 3. The summed E-state index contributed by atoms with van der Waals surface area (Å²) in [7, 11) is -4.11. The first kappa shape index (κ1) is 40.4. The Hall–Kier alpha value is -4.75. The van der Waals surface area contributed by atoms with Gasteiger partial charge in [0.25, 0.3) is 5.91 Å². The van der Waals surface area contributed by atoms with Crippen LogP contribution in [0.25, 0.3) is 0 Å². The van der Waals surface area contributed by atoms with Crippen LogP contribution >= 0.6 is 11.6 Å². The van der Waals surface area contributed by atoms with E-state index in [4.69, 9.17) is 11.6 Å². The Bertz CT molecular complexity index is 2090. The van der Waals surface area contributed by atoms with Gasteiger partial charge in [-0.15, -0.1) is 0 Å². The monoisotopic (exact) mass is 810 g/mol. The number of carbonyl (C=O) groups is 3. The molecule has 3 N–H and O–H groups in total. The van der Waals surface area contributed by atoms with Gasteiger partial charge in [0.15, 0.2) is 0 Å². The third-order valence-electron chi connectivity index (χ3n) is 11.5. The number of para-hydroxylation sites is 1. The molecule has 0 unspecified atom stereocenters. The van der Waals surface area contributed by atoms with Gasteiger partial charge in [0.2, 0.25) is 21.8 Å². The third kappa shape index (κ3) is 9.87. The van der Waals surface area contributed by atoms with E-state index in [1.807, 2.05) is 60.7 Å². The highest BCUT2D eigenvalue weighted by molar-refractivity contribution is 7.89. The maximum atomic E-state index is 14.4. The van der Waals surface area contributed by atoms with Crippen molar-refractivity contribution in [3.8, 4) is 0 Å². The van der Waals surface area contributed by atoms with Gasteiger partial charge < -0.3 is 25.3 Å². The van der Waals surface area contributed by atoms with Gasteiger partial charge in [-0.3, -0.25) is 14.4 Å². The summed E-state index contributed by atoms with van der Waals surface area (Å²) in [6.45, 7) is 1.95. The lowest BCUT2D eigenvalue weighted by molar-refractivity contribution is -0.140. The Balaban J connectivity index is 1.05. The van der Waals surface area contributed by atoms with Crippen LogP contribution in [0.2, 0.25) is 5.02 Å². The molecule has 57 heavy (non-hydrogen) atoms. The Kier molecular flexibility index (Phi) is 12.9. The highest BCUT2D eigenvalue weighted by Gasteiger charge is 2.54. The summed E-state index contributed by atoms with van der Waals surface area (Å²) in [6.07, 6.45) is 6.04. The van der Waals surface area contributed by atoms with Crippen LogP contribution in [0.3, 0.4) is 0 Å². The zero-order chi connectivity index (χ0) is 39.8. The van der Waals surface area contributed by atoms with Crippen molar-refractivity contribution in [2.24, 2.45) is 0 Å². The quantitative estimate of drug-likeness (QED) is 0.151. The predicted octanol–water partition coefficient (Wildman–Crippen LogP) is 5.64. The van der Waals surface area contributed by atoms with Crippen molar-refractivity contribution in [3.05, 3.63) is 131 Å². The van der Waals surface area contributed by atoms with Crippen molar-refractivity contribution in [3.63, 3.8) is 0 Å². The molecule has 13 heteroatoms. The number of halogens is 1. The molecule has 3 fully saturated rings. The van der Waals surface area contributed by atoms with E-state index in [0.29, 0.717) is 31.0 Å². The molecule has 0 bridgehead atoms. The molecule has 1 atom stereocenters. The topological polar surface area (TPSA) is 131 Å². The number of rotatable bonds is 14. The van der Waals surface area contributed by atoms with E-state index < -0.39 is 21.6 Å². The number of benzene rings is 4. The minimum atomic E-state index is -4.11. The number of anilines is 1. The summed E-state index contributed by atoms with van der Waals surface area (Å²) in [5, 5.41) is 7.06. The maximum absolute atomic E-state index is 14.4. The maximum Gasteiger partial charge on any atom is 0.250 e. The second kappa shape index (κ2) is 18.2. The predicted molar refractivity (Wildman–Crippen MR) is 222 cm³/mol. The van der Waals surface area contributed by atoms with Crippen LogP contribution in [-0.2, 0) is 43.9 Å². The first-order valence-electron chi connectivity index (χ1n) is 19.9. The Morgan fingerprint density at radius 3 is 2.02 bits per heavy atom. The molecule has 0 radical (unpaired) electrons. The number of hydrogen-bond acceptors (Lipinski definition) is 7. The van der Waals surface area contributed by atoms with Gasteiger partial charge in [-0.1, -0.05) is 104 Å². The van der Waals surface area contributed by atoms with E-state index in [1.165, 1.54) is 6.42 Å². The van der Waals surface area contributed by atoms with E-state index in [-0.39, 0.29) is 61.4 Å². The Labute approximate surface area is 340 Å². The van der Waals surface area contributed by atoms with E-state index in [1.54, 1.807) is 58.3 Å².